The van der Waals surface area contributed by atoms with Gasteiger partial charge in [0.05, 0.1) is 11.6 Å². The van der Waals surface area contributed by atoms with E-state index in [0.29, 0.717) is 17.9 Å². The molecule has 0 fully saturated rings. The number of fused-ring (bicyclic) bond motifs is 2. The molecule has 1 aliphatic rings. The number of benzene rings is 2. The highest BCUT2D eigenvalue weighted by molar-refractivity contribution is 5.90. The summed E-state index contributed by atoms with van der Waals surface area (Å²) in [6, 6.07) is 11.4. The third-order valence-electron chi connectivity index (χ3n) is 6.01. The quantitative estimate of drug-likeness (QED) is 0.613. The number of hydrogen-bond acceptors (Lipinski definition) is 3. The van der Waals surface area contributed by atoms with Gasteiger partial charge in [-0.15, -0.1) is 0 Å². The van der Waals surface area contributed by atoms with Crippen LogP contribution in [0.4, 0.5) is 5.69 Å². The molecule has 1 aromatic heterocycles. The molecule has 0 spiro atoms. The van der Waals surface area contributed by atoms with Crippen LogP contribution in [0.2, 0.25) is 0 Å². The van der Waals surface area contributed by atoms with Crippen molar-refractivity contribution >= 4 is 16.6 Å². The predicted octanol–water partition coefficient (Wildman–Crippen LogP) is 6.11. The number of nitrogens with one attached hydrogen (secondary N) is 1. The Kier molecular flexibility index (Phi) is 4.63. The van der Waals surface area contributed by atoms with Crippen LogP contribution in [-0.2, 0) is 6.42 Å². The normalized spacial score (nSPS) is 19.3. The molecule has 0 saturated heterocycles. The number of rotatable bonds is 3. The summed E-state index contributed by atoms with van der Waals surface area (Å²) in [5.74, 6) is 1.94. The van der Waals surface area contributed by atoms with E-state index in [1.54, 1.807) is 0 Å². The van der Waals surface area contributed by atoms with Crippen molar-refractivity contribution in [2.75, 3.05) is 5.32 Å². The monoisotopic (exact) mass is 359 g/mol. The molecular formula is C24H29N3. The molecule has 2 aromatic carbocycles. The van der Waals surface area contributed by atoms with Gasteiger partial charge in [-0.2, -0.15) is 0 Å². The van der Waals surface area contributed by atoms with Crippen LogP contribution >= 0.6 is 0 Å². The molecule has 3 heteroatoms. The summed E-state index contributed by atoms with van der Waals surface area (Å²) in [5.41, 5.74) is 8.01. The van der Waals surface area contributed by atoms with Crippen LogP contribution in [0, 0.1) is 19.8 Å². The van der Waals surface area contributed by atoms with Crippen LogP contribution in [0.15, 0.2) is 36.5 Å². The first kappa shape index (κ1) is 18.0. The first-order valence-electron chi connectivity index (χ1n) is 10.1. The number of anilines is 1. The smallest absolute Gasteiger partial charge is 0.125 e. The molecule has 0 aliphatic heterocycles. The molecule has 0 saturated carbocycles. The third-order valence-corrected chi connectivity index (χ3v) is 6.01. The average Bonchev–Trinajstić information content (AvgIpc) is 2.63. The van der Waals surface area contributed by atoms with E-state index < -0.39 is 0 Å². The Morgan fingerprint density at radius 3 is 2.74 bits per heavy atom. The van der Waals surface area contributed by atoms with Gasteiger partial charge in [-0.3, -0.25) is 0 Å². The second kappa shape index (κ2) is 6.95. The van der Waals surface area contributed by atoms with E-state index in [0.717, 1.165) is 22.4 Å². The maximum absolute atomic E-state index is 4.59. The molecule has 140 valence electrons. The molecule has 3 aromatic rings. The Balaban J connectivity index is 1.79. The van der Waals surface area contributed by atoms with E-state index in [9.17, 15) is 0 Å². The van der Waals surface area contributed by atoms with Crippen molar-refractivity contribution in [3.8, 4) is 0 Å². The second-order valence-electron chi connectivity index (χ2n) is 8.35. The summed E-state index contributed by atoms with van der Waals surface area (Å²) in [4.78, 5) is 9.02. The van der Waals surface area contributed by atoms with Crippen molar-refractivity contribution in [1.29, 1.82) is 0 Å². The van der Waals surface area contributed by atoms with Gasteiger partial charge < -0.3 is 5.32 Å². The first-order valence-corrected chi connectivity index (χ1v) is 10.1. The van der Waals surface area contributed by atoms with Crippen LogP contribution in [0.25, 0.3) is 10.9 Å². The van der Waals surface area contributed by atoms with Crippen molar-refractivity contribution in [2.24, 2.45) is 5.92 Å². The number of aromatic nitrogens is 2. The molecule has 3 nitrogen and oxygen atoms in total. The Morgan fingerprint density at radius 1 is 1.15 bits per heavy atom. The van der Waals surface area contributed by atoms with Crippen LogP contribution in [0.1, 0.15) is 67.2 Å². The van der Waals surface area contributed by atoms with Crippen LogP contribution in [0.5, 0.6) is 0 Å². The zero-order valence-electron chi connectivity index (χ0n) is 17.0. The summed E-state index contributed by atoms with van der Waals surface area (Å²) in [6.07, 6.45) is 4.34. The molecule has 1 heterocycles. The lowest BCUT2D eigenvalue weighted by molar-refractivity contribution is 0.433. The molecule has 2 atom stereocenters. The van der Waals surface area contributed by atoms with Crippen molar-refractivity contribution in [2.45, 2.75) is 59.4 Å². The van der Waals surface area contributed by atoms with Gasteiger partial charge in [0.25, 0.3) is 0 Å². The summed E-state index contributed by atoms with van der Waals surface area (Å²) in [5, 5.41) is 4.96. The van der Waals surface area contributed by atoms with E-state index in [1.807, 2.05) is 13.1 Å². The molecule has 0 bridgehead atoms. The van der Waals surface area contributed by atoms with Gasteiger partial charge in [-0.25, -0.2) is 9.97 Å². The molecule has 0 amide bonds. The summed E-state index contributed by atoms with van der Waals surface area (Å²) in [6.45, 7) is 11.1. The maximum Gasteiger partial charge on any atom is 0.125 e. The Bertz CT molecular complexity index is 990. The highest BCUT2D eigenvalue weighted by Gasteiger charge is 2.28. The van der Waals surface area contributed by atoms with Crippen LogP contribution in [-0.4, -0.2) is 9.97 Å². The molecule has 4 rings (SSSR count). The fourth-order valence-electron chi connectivity index (χ4n) is 4.33. The van der Waals surface area contributed by atoms with Crippen LogP contribution < -0.4 is 5.32 Å². The lowest BCUT2D eigenvalue weighted by Gasteiger charge is -2.35. The summed E-state index contributed by atoms with van der Waals surface area (Å²) < 4.78 is 0. The zero-order valence-corrected chi connectivity index (χ0v) is 17.0. The highest BCUT2D eigenvalue weighted by Crippen LogP contribution is 2.40. The first-order chi connectivity index (χ1) is 12.9. The van der Waals surface area contributed by atoms with Gasteiger partial charge >= 0.3 is 0 Å². The average molecular weight is 360 g/mol. The predicted molar refractivity (Wildman–Crippen MR) is 113 cm³/mol. The van der Waals surface area contributed by atoms with E-state index in [2.05, 4.69) is 73.3 Å². The number of hydrogen-bond donors (Lipinski definition) is 1. The zero-order chi connectivity index (χ0) is 19.1. The van der Waals surface area contributed by atoms with Crippen molar-refractivity contribution in [3.63, 3.8) is 0 Å². The molecule has 1 aliphatic carbocycles. The maximum atomic E-state index is 4.59. The minimum atomic E-state index is 0.318. The summed E-state index contributed by atoms with van der Waals surface area (Å²) in [7, 11) is 0. The minimum absolute atomic E-state index is 0.318. The summed E-state index contributed by atoms with van der Waals surface area (Å²) >= 11 is 0. The third kappa shape index (κ3) is 3.31. The molecular weight excluding hydrogens is 330 g/mol. The van der Waals surface area contributed by atoms with Crippen molar-refractivity contribution < 1.29 is 0 Å². The second-order valence-corrected chi connectivity index (χ2v) is 8.35. The van der Waals surface area contributed by atoms with Gasteiger partial charge in [-0.1, -0.05) is 39.0 Å². The largest absolute Gasteiger partial charge is 0.377 e. The van der Waals surface area contributed by atoms with E-state index in [4.69, 9.17) is 0 Å². The van der Waals surface area contributed by atoms with Crippen molar-refractivity contribution in [1.82, 2.24) is 9.97 Å². The minimum Gasteiger partial charge on any atom is -0.377 e. The molecule has 2 unspecified atom stereocenters. The van der Waals surface area contributed by atoms with Gasteiger partial charge in [0, 0.05) is 17.3 Å². The van der Waals surface area contributed by atoms with Gasteiger partial charge in [0.2, 0.25) is 0 Å². The topological polar surface area (TPSA) is 37.8 Å². The van der Waals surface area contributed by atoms with Gasteiger partial charge in [0.1, 0.15) is 5.82 Å². The molecule has 0 radical (unpaired) electrons. The SMILES string of the molecule is Cc1ncc2c(NC3c4cc(C(C)C)cc(C)c4CCC3C)cccc2n1. The highest BCUT2D eigenvalue weighted by atomic mass is 14.9. The van der Waals surface area contributed by atoms with Crippen LogP contribution in [0.3, 0.4) is 0 Å². The van der Waals surface area contributed by atoms with Gasteiger partial charge in [-0.05, 0) is 72.9 Å². The standard InChI is InChI=1S/C24H29N3/c1-14(2)18-11-16(4)19-10-9-15(3)24(20(19)12-18)27-23-8-6-7-22-21(23)13-25-17(5)26-22/h6-8,11-15,24,27H,9-10H2,1-5H3. The Morgan fingerprint density at radius 2 is 1.96 bits per heavy atom. The van der Waals surface area contributed by atoms with E-state index in [1.165, 1.54) is 35.1 Å². The molecule has 1 N–H and O–H groups in total. The fourth-order valence-corrected chi connectivity index (χ4v) is 4.33. The van der Waals surface area contributed by atoms with E-state index >= 15 is 0 Å². The Labute approximate surface area is 162 Å². The van der Waals surface area contributed by atoms with Gasteiger partial charge in [0.15, 0.2) is 0 Å². The lowest BCUT2D eigenvalue weighted by Crippen LogP contribution is -2.26. The van der Waals surface area contributed by atoms with Crippen molar-refractivity contribution in [3.05, 3.63) is 64.6 Å². The van der Waals surface area contributed by atoms with E-state index in [-0.39, 0.29) is 0 Å². The number of aryl methyl sites for hydroxylation is 2. The molecule has 27 heavy (non-hydrogen) atoms. The lowest BCUT2D eigenvalue weighted by atomic mass is 9.77. The number of nitrogens with zero attached hydrogens (tertiary/aromatic N) is 2. The Hall–Kier alpha value is -2.42. The fraction of sp³-hybridized carbons (Fsp3) is 0.417.